The molecule has 0 saturated carbocycles. The van der Waals surface area contributed by atoms with Gasteiger partial charge in [0, 0.05) is 6.54 Å². The standard InChI is InChI=1S/C13H15NO5/c1-8-6-10-11(19-5-4-18-10)7-9(8)2-3-14-12(15)13(16)17/h6-7H,2-5H2,1H3,(H,14,15)(H,16,17). The lowest BCUT2D eigenvalue weighted by atomic mass is 10.0. The van der Waals surface area contributed by atoms with Crippen LogP contribution in [0.1, 0.15) is 11.1 Å². The third-order valence-corrected chi connectivity index (χ3v) is 2.87. The number of aliphatic carboxylic acids is 1. The summed E-state index contributed by atoms with van der Waals surface area (Å²) in [6, 6.07) is 3.76. The van der Waals surface area contributed by atoms with Gasteiger partial charge in [0.1, 0.15) is 13.2 Å². The highest BCUT2D eigenvalue weighted by Crippen LogP contribution is 2.33. The molecule has 0 radical (unpaired) electrons. The molecular formula is C13H15NO5. The fourth-order valence-corrected chi connectivity index (χ4v) is 1.89. The number of carboxylic acids is 1. The Labute approximate surface area is 110 Å². The van der Waals surface area contributed by atoms with Gasteiger partial charge in [0.15, 0.2) is 11.5 Å². The molecule has 1 aliphatic heterocycles. The zero-order valence-electron chi connectivity index (χ0n) is 10.6. The fourth-order valence-electron chi connectivity index (χ4n) is 1.89. The quantitative estimate of drug-likeness (QED) is 0.778. The van der Waals surface area contributed by atoms with Crippen molar-refractivity contribution < 1.29 is 24.2 Å². The van der Waals surface area contributed by atoms with Crippen LogP contribution in [-0.2, 0) is 16.0 Å². The highest BCUT2D eigenvalue weighted by molar-refractivity contribution is 6.31. The average Bonchev–Trinajstić information content (AvgIpc) is 2.39. The van der Waals surface area contributed by atoms with E-state index in [2.05, 4.69) is 5.32 Å². The van der Waals surface area contributed by atoms with Crippen LogP contribution in [0, 0.1) is 6.92 Å². The molecule has 0 aromatic heterocycles. The molecule has 0 saturated heterocycles. The second-order valence-electron chi connectivity index (χ2n) is 4.23. The van der Waals surface area contributed by atoms with Crippen LogP contribution in [0.5, 0.6) is 11.5 Å². The number of benzene rings is 1. The predicted molar refractivity (Wildman–Crippen MR) is 66.5 cm³/mol. The van der Waals surface area contributed by atoms with Crippen LogP contribution >= 0.6 is 0 Å². The van der Waals surface area contributed by atoms with Gasteiger partial charge in [0.2, 0.25) is 0 Å². The lowest BCUT2D eigenvalue weighted by Gasteiger charge is -2.20. The number of carboxylic acid groups (broad SMARTS) is 1. The molecule has 0 fully saturated rings. The van der Waals surface area contributed by atoms with Crippen LogP contribution in [0.25, 0.3) is 0 Å². The van der Waals surface area contributed by atoms with Crippen molar-refractivity contribution in [1.82, 2.24) is 5.32 Å². The lowest BCUT2D eigenvalue weighted by molar-refractivity contribution is -0.150. The first-order valence-corrected chi connectivity index (χ1v) is 5.98. The van der Waals surface area contributed by atoms with E-state index >= 15 is 0 Å². The van der Waals surface area contributed by atoms with Crippen molar-refractivity contribution in [2.75, 3.05) is 19.8 Å². The van der Waals surface area contributed by atoms with Crippen LogP contribution < -0.4 is 14.8 Å². The molecule has 0 atom stereocenters. The molecule has 1 aliphatic rings. The number of aryl methyl sites for hydroxylation is 1. The monoisotopic (exact) mass is 265 g/mol. The first kappa shape index (κ1) is 13.2. The van der Waals surface area contributed by atoms with Gasteiger partial charge in [-0.15, -0.1) is 0 Å². The van der Waals surface area contributed by atoms with E-state index in [1.54, 1.807) is 0 Å². The summed E-state index contributed by atoms with van der Waals surface area (Å²) in [5.74, 6) is -1.05. The van der Waals surface area contributed by atoms with Gasteiger partial charge in [-0.2, -0.15) is 0 Å². The van der Waals surface area contributed by atoms with E-state index < -0.39 is 11.9 Å². The number of fused-ring (bicyclic) bond motifs is 1. The van der Waals surface area contributed by atoms with E-state index in [1.165, 1.54) is 0 Å². The third kappa shape index (κ3) is 3.15. The molecule has 0 aliphatic carbocycles. The zero-order valence-corrected chi connectivity index (χ0v) is 10.6. The summed E-state index contributed by atoms with van der Waals surface area (Å²) < 4.78 is 10.9. The Balaban J connectivity index is 2.00. The minimum atomic E-state index is -1.47. The number of hydrogen-bond acceptors (Lipinski definition) is 4. The summed E-state index contributed by atoms with van der Waals surface area (Å²) in [4.78, 5) is 21.2. The number of nitrogens with one attached hydrogen (secondary N) is 1. The Bertz CT molecular complexity index is 512. The van der Waals surface area contributed by atoms with Crippen LogP contribution in [0.4, 0.5) is 0 Å². The van der Waals surface area contributed by atoms with Gasteiger partial charge in [0.25, 0.3) is 0 Å². The van der Waals surface area contributed by atoms with E-state index in [0.717, 1.165) is 16.9 Å². The molecular weight excluding hydrogens is 250 g/mol. The van der Waals surface area contributed by atoms with Crippen molar-refractivity contribution in [2.24, 2.45) is 0 Å². The summed E-state index contributed by atoms with van der Waals surface area (Å²) >= 11 is 0. The molecule has 1 heterocycles. The molecule has 2 rings (SSSR count). The number of rotatable bonds is 3. The van der Waals surface area contributed by atoms with Crippen molar-refractivity contribution in [1.29, 1.82) is 0 Å². The van der Waals surface area contributed by atoms with Gasteiger partial charge in [-0.3, -0.25) is 4.79 Å². The summed E-state index contributed by atoms with van der Waals surface area (Å²) in [5, 5.41) is 10.8. The fraction of sp³-hybridized carbons (Fsp3) is 0.385. The Morgan fingerprint density at radius 1 is 1.26 bits per heavy atom. The maximum absolute atomic E-state index is 10.9. The van der Waals surface area contributed by atoms with Crippen LogP contribution in [0.3, 0.4) is 0 Å². The number of carbonyl (C=O) groups is 2. The molecule has 0 bridgehead atoms. The highest BCUT2D eigenvalue weighted by atomic mass is 16.6. The summed E-state index contributed by atoms with van der Waals surface area (Å²) in [6.07, 6.45) is 0.543. The Kier molecular flexibility index (Phi) is 3.89. The summed E-state index contributed by atoms with van der Waals surface area (Å²) in [5.41, 5.74) is 2.02. The molecule has 2 N–H and O–H groups in total. The third-order valence-electron chi connectivity index (χ3n) is 2.87. The van der Waals surface area contributed by atoms with E-state index in [0.29, 0.717) is 25.4 Å². The van der Waals surface area contributed by atoms with Crippen molar-refractivity contribution in [3.63, 3.8) is 0 Å². The van der Waals surface area contributed by atoms with E-state index in [4.69, 9.17) is 14.6 Å². The van der Waals surface area contributed by atoms with E-state index in [-0.39, 0.29) is 6.54 Å². The number of ether oxygens (including phenoxy) is 2. The summed E-state index contributed by atoms with van der Waals surface area (Å²) in [7, 11) is 0. The van der Waals surface area contributed by atoms with Crippen LogP contribution in [0.15, 0.2) is 12.1 Å². The number of carbonyl (C=O) groups excluding carboxylic acids is 1. The predicted octanol–water partition coefficient (Wildman–Crippen LogP) is 0.510. The largest absolute Gasteiger partial charge is 0.486 e. The lowest BCUT2D eigenvalue weighted by Crippen LogP contribution is -2.32. The van der Waals surface area contributed by atoms with Crippen molar-refractivity contribution >= 4 is 11.9 Å². The minimum absolute atomic E-state index is 0.269. The molecule has 6 heteroatoms. The molecule has 1 amide bonds. The maximum Gasteiger partial charge on any atom is 0.394 e. The molecule has 1 aromatic rings. The summed E-state index contributed by atoms with van der Waals surface area (Å²) in [6.45, 7) is 3.27. The Morgan fingerprint density at radius 3 is 2.53 bits per heavy atom. The van der Waals surface area contributed by atoms with Gasteiger partial charge in [0.05, 0.1) is 0 Å². The van der Waals surface area contributed by atoms with Crippen molar-refractivity contribution in [3.8, 4) is 11.5 Å². The minimum Gasteiger partial charge on any atom is -0.486 e. The van der Waals surface area contributed by atoms with E-state index in [9.17, 15) is 9.59 Å². The van der Waals surface area contributed by atoms with Crippen LogP contribution in [0.2, 0.25) is 0 Å². The molecule has 0 unspecified atom stereocenters. The maximum atomic E-state index is 10.9. The van der Waals surface area contributed by atoms with Gasteiger partial charge in [-0.25, -0.2) is 4.79 Å². The molecule has 6 nitrogen and oxygen atoms in total. The Hall–Kier alpha value is -2.24. The number of hydrogen-bond donors (Lipinski definition) is 2. The Morgan fingerprint density at radius 2 is 1.89 bits per heavy atom. The smallest absolute Gasteiger partial charge is 0.394 e. The first-order chi connectivity index (χ1) is 9.08. The van der Waals surface area contributed by atoms with Gasteiger partial charge in [-0.1, -0.05) is 0 Å². The zero-order chi connectivity index (χ0) is 13.8. The molecule has 102 valence electrons. The SMILES string of the molecule is Cc1cc2c(cc1CCNC(=O)C(=O)O)OCCO2. The molecule has 1 aromatic carbocycles. The topological polar surface area (TPSA) is 84.9 Å². The van der Waals surface area contributed by atoms with Crippen molar-refractivity contribution in [3.05, 3.63) is 23.3 Å². The van der Waals surface area contributed by atoms with Gasteiger partial charge < -0.3 is 19.9 Å². The van der Waals surface area contributed by atoms with Crippen molar-refractivity contribution in [2.45, 2.75) is 13.3 Å². The number of amides is 1. The normalized spacial score (nSPS) is 12.9. The second kappa shape index (κ2) is 5.60. The molecule has 0 spiro atoms. The van der Waals surface area contributed by atoms with Crippen LogP contribution in [-0.4, -0.2) is 36.7 Å². The molecule has 19 heavy (non-hydrogen) atoms. The van der Waals surface area contributed by atoms with E-state index in [1.807, 2.05) is 19.1 Å². The highest BCUT2D eigenvalue weighted by Gasteiger charge is 2.15. The second-order valence-corrected chi connectivity index (χ2v) is 4.23. The average molecular weight is 265 g/mol. The van der Waals surface area contributed by atoms with Gasteiger partial charge >= 0.3 is 11.9 Å². The first-order valence-electron chi connectivity index (χ1n) is 5.98. The van der Waals surface area contributed by atoms with Gasteiger partial charge in [-0.05, 0) is 36.6 Å².